The lowest BCUT2D eigenvalue weighted by molar-refractivity contribution is 0.101. The van der Waals surface area contributed by atoms with Gasteiger partial charge in [-0.05, 0) is 33.3 Å². The van der Waals surface area contributed by atoms with E-state index in [1.165, 1.54) is 13.1 Å². The summed E-state index contributed by atoms with van der Waals surface area (Å²) >= 11 is 0. The van der Waals surface area contributed by atoms with E-state index in [9.17, 15) is 14.4 Å². The van der Waals surface area contributed by atoms with Crippen LogP contribution in [0.25, 0.3) is 0 Å². The van der Waals surface area contributed by atoms with Crippen molar-refractivity contribution in [1.29, 1.82) is 0 Å². The summed E-state index contributed by atoms with van der Waals surface area (Å²) in [7, 11) is 0. The van der Waals surface area contributed by atoms with Gasteiger partial charge in [-0.25, -0.2) is 4.79 Å². The van der Waals surface area contributed by atoms with Crippen LogP contribution in [0.2, 0.25) is 0 Å². The van der Waals surface area contributed by atoms with Crippen LogP contribution >= 0.6 is 0 Å². The Labute approximate surface area is 121 Å². The van der Waals surface area contributed by atoms with Crippen molar-refractivity contribution in [3.63, 3.8) is 0 Å². The van der Waals surface area contributed by atoms with Crippen molar-refractivity contribution >= 4 is 5.78 Å². The fraction of sp³-hybridized carbons (Fsp3) is 0.429. The lowest BCUT2D eigenvalue weighted by Crippen LogP contribution is -2.38. The Balaban J connectivity index is 2.15. The number of hydrogen-bond acceptors (Lipinski definition) is 4. The van der Waals surface area contributed by atoms with Gasteiger partial charge in [-0.15, -0.1) is 0 Å². The predicted molar refractivity (Wildman–Crippen MR) is 77.6 cm³/mol. The van der Waals surface area contributed by atoms with Gasteiger partial charge in [-0.3, -0.25) is 18.8 Å². The number of nitrogens with one attached hydrogen (secondary N) is 1. The van der Waals surface area contributed by atoms with E-state index >= 15 is 0 Å². The molecule has 1 N–H and O–H groups in total. The highest BCUT2D eigenvalue weighted by Gasteiger charge is 2.11. The Morgan fingerprint density at radius 2 is 2.00 bits per heavy atom. The molecule has 0 saturated carbocycles. The molecular weight excluding hydrogens is 272 g/mol. The van der Waals surface area contributed by atoms with Crippen molar-refractivity contribution in [2.24, 2.45) is 0 Å². The Bertz CT molecular complexity index is 782. The minimum Gasteiger partial charge on any atom is -0.313 e. The van der Waals surface area contributed by atoms with Crippen LogP contribution in [0.1, 0.15) is 35.1 Å². The molecule has 0 aliphatic carbocycles. The van der Waals surface area contributed by atoms with Gasteiger partial charge in [-0.1, -0.05) is 0 Å². The van der Waals surface area contributed by atoms with Crippen molar-refractivity contribution in [1.82, 2.24) is 19.3 Å². The summed E-state index contributed by atoms with van der Waals surface area (Å²) in [6.07, 6.45) is 1.75. The second-order valence-corrected chi connectivity index (χ2v) is 5.02. The topological polar surface area (TPSA) is 89.8 Å². The first-order valence-corrected chi connectivity index (χ1v) is 6.74. The number of rotatable bonds is 5. The molecule has 0 fully saturated rings. The van der Waals surface area contributed by atoms with Crippen LogP contribution in [0.15, 0.2) is 21.9 Å². The third-order valence-electron chi connectivity index (χ3n) is 3.29. The summed E-state index contributed by atoms with van der Waals surface area (Å²) < 4.78 is 2.89. The van der Waals surface area contributed by atoms with E-state index < -0.39 is 11.2 Å². The minimum absolute atomic E-state index is 0.000661. The van der Waals surface area contributed by atoms with Gasteiger partial charge in [0.2, 0.25) is 0 Å². The normalized spacial score (nSPS) is 10.8. The van der Waals surface area contributed by atoms with E-state index in [1.807, 2.05) is 24.6 Å². The molecule has 2 rings (SSSR count). The maximum absolute atomic E-state index is 12.0. The lowest BCUT2D eigenvalue weighted by Gasteiger charge is -2.07. The van der Waals surface area contributed by atoms with E-state index in [0.29, 0.717) is 13.0 Å². The van der Waals surface area contributed by atoms with Gasteiger partial charge in [0.25, 0.3) is 5.56 Å². The summed E-state index contributed by atoms with van der Waals surface area (Å²) in [6, 6.07) is 1.97. The summed E-state index contributed by atoms with van der Waals surface area (Å²) in [6.45, 7) is 6.02. The number of nitrogens with zero attached hydrogens (tertiary/aromatic N) is 3. The first kappa shape index (κ1) is 15.0. The highest BCUT2D eigenvalue weighted by Crippen LogP contribution is 2.02. The molecule has 2 heterocycles. The van der Waals surface area contributed by atoms with Gasteiger partial charge in [0.1, 0.15) is 0 Å². The van der Waals surface area contributed by atoms with E-state index in [1.54, 1.807) is 0 Å². The lowest BCUT2D eigenvalue weighted by atomic mass is 10.2. The summed E-state index contributed by atoms with van der Waals surface area (Å²) in [5.41, 5.74) is 0.922. The highest BCUT2D eigenvalue weighted by atomic mass is 16.2. The molecule has 0 aliphatic rings. The van der Waals surface area contributed by atoms with Gasteiger partial charge in [0.15, 0.2) is 5.78 Å². The number of H-pyrrole nitrogens is 1. The summed E-state index contributed by atoms with van der Waals surface area (Å²) in [5.74, 6) is -0.358. The van der Waals surface area contributed by atoms with E-state index in [-0.39, 0.29) is 17.9 Å². The quantitative estimate of drug-likeness (QED) is 0.818. The molecule has 0 saturated heterocycles. The van der Waals surface area contributed by atoms with E-state index in [4.69, 9.17) is 0 Å². The van der Waals surface area contributed by atoms with Gasteiger partial charge in [0.05, 0.1) is 11.3 Å². The van der Waals surface area contributed by atoms with Gasteiger partial charge >= 0.3 is 5.69 Å². The van der Waals surface area contributed by atoms with Gasteiger partial charge in [0, 0.05) is 25.0 Å². The molecule has 0 bridgehead atoms. The number of ketones is 1. The number of hydrogen-bond donors (Lipinski definition) is 1. The summed E-state index contributed by atoms with van der Waals surface area (Å²) in [4.78, 5) is 37.5. The average molecular weight is 290 g/mol. The van der Waals surface area contributed by atoms with Crippen LogP contribution in [0, 0.1) is 13.8 Å². The number of carbonyl (C=O) groups excluding carboxylic acids is 1. The van der Waals surface area contributed by atoms with Crippen molar-refractivity contribution in [3.05, 3.63) is 50.1 Å². The maximum Gasteiger partial charge on any atom is 0.328 e. The molecule has 0 amide bonds. The number of aryl methyl sites for hydroxylation is 3. The Morgan fingerprint density at radius 1 is 1.29 bits per heavy atom. The molecule has 0 spiro atoms. The molecule has 7 heteroatoms. The molecule has 2 aromatic heterocycles. The highest BCUT2D eigenvalue weighted by molar-refractivity contribution is 5.93. The molecule has 7 nitrogen and oxygen atoms in total. The standard InChI is InChI=1S/C14H18N4O3/c1-9-7-10(2)18(16-9)6-4-5-17-13(20)12(11(3)19)8-15-14(17)21/h7-8H,4-6H2,1-3H3,(H,15,21). The molecule has 0 aromatic carbocycles. The average Bonchev–Trinajstić information content (AvgIpc) is 2.71. The fourth-order valence-electron chi connectivity index (χ4n) is 2.25. The van der Waals surface area contributed by atoms with Gasteiger partial charge in [-0.2, -0.15) is 5.10 Å². The monoisotopic (exact) mass is 290 g/mol. The van der Waals surface area contributed by atoms with E-state index in [0.717, 1.165) is 16.0 Å². The van der Waals surface area contributed by atoms with Crippen LogP contribution < -0.4 is 11.2 Å². The molecule has 0 aliphatic heterocycles. The Morgan fingerprint density at radius 3 is 2.57 bits per heavy atom. The third kappa shape index (κ3) is 3.18. The van der Waals surface area contributed by atoms with Crippen LogP contribution in [-0.4, -0.2) is 25.1 Å². The van der Waals surface area contributed by atoms with Crippen LogP contribution in [0.5, 0.6) is 0 Å². The smallest absolute Gasteiger partial charge is 0.313 e. The second-order valence-electron chi connectivity index (χ2n) is 5.02. The molecule has 2 aromatic rings. The molecule has 0 unspecified atom stereocenters. The minimum atomic E-state index is -0.542. The van der Waals surface area contributed by atoms with Crippen molar-refractivity contribution in [2.45, 2.75) is 40.3 Å². The predicted octanol–water partition coefficient (Wildman–Crippen LogP) is 0.643. The fourth-order valence-corrected chi connectivity index (χ4v) is 2.25. The number of Topliss-reactive ketones (excluding diaryl/α,β-unsaturated/α-hetero) is 1. The zero-order chi connectivity index (χ0) is 15.6. The number of aromatic nitrogens is 4. The van der Waals surface area contributed by atoms with Crippen molar-refractivity contribution in [2.75, 3.05) is 0 Å². The SMILES string of the molecule is CC(=O)c1c[nH]c(=O)n(CCCn2nc(C)cc2C)c1=O. The first-order valence-electron chi connectivity index (χ1n) is 6.74. The molecule has 0 atom stereocenters. The first-order chi connectivity index (χ1) is 9.90. The summed E-state index contributed by atoms with van der Waals surface area (Å²) in [5, 5.41) is 4.32. The molecular formula is C14H18N4O3. The van der Waals surface area contributed by atoms with E-state index in [2.05, 4.69) is 10.1 Å². The largest absolute Gasteiger partial charge is 0.328 e. The Hall–Kier alpha value is -2.44. The zero-order valence-corrected chi connectivity index (χ0v) is 12.3. The number of carbonyl (C=O) groups is 1. The second kappa shape index (κ2) is 5.90. The number of aromatic amines is 1. The molecule has 21 heavy (non-hydrogen) atoms. The van der Waals surface area contributed by atoms with Crippen LogP contribution in [-0.2, 0) is 13.1 Å². The maximum atomic E-state index is 12.0. The molecule has 112 valence electrons. The van der Waals surface area contributed by atoms with Crippen molar-refractivity contribution in [3.8, 4) is 0 Å². The van der Waals surface area contributed by atoms with Gasteiger partial charge < -0.3 is 4.98 Å². The third-order valence-corrected chi connectivity index (χ3v) is 3.29. The van der Waals surface area contributed by atoms with Crippen LogP contribution in [0.4, 0.5) is 0 Å². The molecule has 0 radical (unpaired) electrons. The van der Waals surface area contributed by atoms with Crippen LogP contribution in [0.3, 0.4) is 0 Å². The van der Waals surface area contributed by atoms with Crippen molar-refractivity contribution < 1.29 is 4.79 Å². The zero-order valence-electron chi connectivity index (χ0n) is 12.3. The Kier molecular flexibility index (Phi) is 4.21.